The number of nitrogens with one attached hydrogen (secondary N) is 1. The summed E-state index contributed by atoms with van der Waals surface area (Å²) in [6.45, 7) is 1.81. The van der Waals surface area contributed by atoms with Gasteiger partial charge in [-0.05, 0) is 36.8 Å². The quantitative estimate of drug-likeness (QED) is 0.913. The van der Waals surface area contributed by atoms with E-state index in [-0.39, 0.29) is 11.3 Å². The first kappa shape index (κ1) is 12.2. The highest BCUT2D eigenvalue weighted by Gasteiger charge is 2.07. The van der Waals surface area contributed by atoms with Crippen molar-refractivity contribution in [1.82, 2.24) is 4.98 Å². The van der Waals surface area contributed by atoms with Crippen LogP contribution in [0, 0.1) is 6.92 Å². The maximum atomic E-state index is 11.6. The van der Waals surface area contributed by atoms with Gasteiger partial charge in [0.25, 0.3) is 5.56 Å². The van der Waals surface area contributed by atoms with Crippen LogP contribution in [0.2, 0.25) is 5.02 Å². The fourth-order valence-electron chi connectivity index (χ4n) is 1.39. The Morgan fingerprint density at radius 2 is 2.12 bits per heavy atom. The number of aryl methyl sites for hydroxylation is 1. The van der Waals surface area contributed by atoms with E-state index in [1.54, 1.807) is 30.5 Å². The van der Waals surface area contributed by atoms with Crippen molar-refractivity contribution in [2.75, 3.05) is 0 Å². The Morgan fingerprint density at radius 1 is 1.35 bits per heavy atom. The average Bonchev–Trinajstić information content (AvgIpc) is 2.22. The Bertz CT molecular complexity index is 589. The highest BCUT2D eigenvalue weighted by Crippen LogP contribution is 2.28. The van der Waals surface area contributed by atoms with Gasteiger partial charge in [-0.15, -0.1) is 0 Å². The van der Waals surface area contributed by atoms with E-state index in [0.29, 0.717) is 10.8 Å². The second-order valence-corrected chi connectivity index (χ2v) is 4.88. The summed E-state index contributed by atoms with van der Waals surface area (Å²) in [7, 11) is 0. The topological polar surface area (TPSA) is 42.1 Å². The fraction of sp³-hybridized carbons (Fsp3) is 0.0833. The predicted molar refractivity (Wildman–Crippen MR) is 71.0 cm³/mol. The number of rotatable bonds is 2. The largest absolute Gasteiger partial charge is 0.451 e. The summed E-state index contributed by atoms with van der Waals surface area (Å²) in [4.78, 5) is 14.2. The molecule has 0 amide bonds. The molecule has 0 saturated carbocycles. The van der Waals surface area contributed by atoms with Crippen molar-refractivity contribution < 1.29 is 4.74 Å². The summed E-state index contributed by atoms with van der Waals surface area (Å²) in [5.74, 6) is 0.797. The summed E-state index contributed by atoms with van der Waals surface area (Å²) in [5, 5.41) is 0.541. The number of aromatic nitrogens is 1. The monoisotopic (exact) mass is 313 g/mol. The van der Waals surface area contributed by atoms with Gasteiger partial charge < -0.3 is 9.72 Å². The van der Waals surface area contributed by atoms with Gasteiger partial charge in [-0.25, -0.2) is 0 Å². The van der Waals surface area contributed by atoms with E-state index in [9.17, 15) is 4.79 Å². The Labute approximate surface area is 112 Å². The van der Waals surface area contributed by atoms with Crippen LogP contribution in [-0.4, -0.2) is 4.98 Å². The molecule has 0 aliphatic rings. The molecule has 5 heteroatoms. The molecule has 1 aromatic heterocycles. The van der Waals surface area contributed by atoms with Crippen LogP contribution >= 0.6 is 27.5 Å². The lowest BCUT2D eigenvalue weighted by Crippen LogP contribution is -2.09. The van der Waals surface area contributed by atoms with Crippen LogP contribution in [-0.2, 0) is 0 Å². The number of ether oxygens (including phenoxy) is 1. The molecule has 0 fully saturated rings. The minimum atomic E-state index is -0.263. The van der Waals surface area contributed by atoms with E-state index in [1.807, 2.05) is 6.92 Å². The molecular weight excluding hydrogens is 305 g/mol. The number of benzene rings is 1. The Hall–Kier alpha value is -1.26. The average molecular weight is 315 g/mol. The summed E-state index contributed by atoms with van der Waals surface area (Å²) in [6, 6.07) is 6.92. The fourth-order valence-corrected chi connectivity index (χ4v) is 2.22. The zero-order chi connectivity index (χ0) is 12.4. The van der Waals surface area contributed by atoms with Crippen LogP contribution in [0.15, 0.2) is 39.7 Å². The van der Waals surface area contributed by atoms with Crippen LogP contribution in [0.1, 0.15) is 5.56 Å². The number of halogens is 2. The van der Waals surface area contributed by atoms with Crippen LogP contribution in [0.4, 0.5) is 0 Å². The summed E-state index contributed by atoms with van der Waals surface area (Å²) in [6.07, 6.45) is 1.58. The lowest BCUT2D eigenvalue weighted by atomic mass is 10.3. The van der Waals surface area contributed by atoms with Crippen molar-refractivity contribution in [2.45, 2.75) is 6.92 Å². The number of pyridine rings is 1. The molecule has 1 aromatic carbocycles. The van der Waals surface area contributed by atoms with Gasteiger partial charge in [0.2, 0.25) is 0 Å². The maximum absolute atomic E-state index is 11.6. The second-order valence-electron chi connectivity index (χ2n) is 3.53. The smallest absolute Gasteiger partial charge is 0.291 e. The molecule has 1 N–H and O–H groups in total. The molecule has 0 atom stereocenters. The number of aromatic amines is 1. The van der Waals surface area contributed by atoms with Gasteiger partial charge in [-0.3, -0.25) is 4.79 Å². The van der Waals surface area contributed by atoms with E-state index in [0.717, 1.165) is 10.0 Å². The van der Waals surface area contributed by atoms with E-state index >= 15 is 0 Å². The SMILES string of the molecule is Cc1cc[nH]c(=O)c1Oc1cc(Cl)cc(Br)c1. The molecule has 0 saturated heterocycles. The Morgan fingerprint density at radius 3 is 2.76 bits per heavy atom. The third-order valence-corrected chi connectivity index (χ3v) is 2.84. The van der Waals surface area contributed by atoms with E-state index < -0.39 is 0 Å². The molecule has 3 nitrogen and oxygen atoms in total. The third kappa shape index (κ3) is 2.90. The minimum Gasteiger partial charge on any atom is -0.451 e. The Kier molecular flexibility index (Phi) is 3.54. The lowest BCUT2D eigenvalue weighted by Gasteiger charge is -2.07. The standard InChI is InChI=1S/C12H9BrClNO2/c1-7-2-3-15-12(16)11(7)17-10-5-8(13)4-9(14)6-10/h2-6H,1H3,(H,15,16). The summed E-state index contributed by atoms with van der Waals surface area (Å²) in [5.41, 5.74) is 0.506. The lowest BCUT2D eigenvalue weighted by molar-refractivity contribution is 0.470. The summed E-state index contributed by atoms with van der Waals surface area (Å²) < 4.78 is 6.34. The van der Waals surface area contributed by atoms with Gasteiger partial charge in [0.1, 0.15) is 5.75 Å². The first-order chi connectivity index (χ1) is 8.06. The van der Waals surface area contributed by atoms with E-state index in [4.69, 9.17) is 16.3 Å². The van der Waals surface area contributed by atoms with Gasteiger partial charge in [0, 0.05) is 15.7 Å². The van der Waals surface area contributed by atoms with Crippen molar-refractivity contribution in [3.05, 3.63) is 55.9 Å². The van der Waals surface area contributed by atoms with Crippen molar-refractivity contribution >= 4 is 27.5 Å². The Balaban J connectivity index is 2.41. The molecule has 88 valence electrons. The van der Waals surface area contributed by atoms with Crippen molar-refractivity contribution in [1.29, 1.82) is 0 Å². The van der Waals surface area contributed by atoms with Gasteiger partial charge in [0.05, 0.1) is 0 Å². The van der Waals surface area contributed by atoms with Gasteiger partial charge >= 0.3 is 0 Å². The van der Waals surface area contributed by atoms with Crippen LogP contribution in [0.5, 0.6) is 11.5 Å². The highest BCUT2D eigenvalue weighted by molar-refractivity contribution is 9.10. The molecule has 0 radical (unpaired) electrons. The molecule has 2 aromatic rings. The van der Waals surface area contributed by atoms with Gasteiger partial charge in [-0.2, -0.15) is 0 Å². The minimum absolute atomic E-state index is 0.263. The van der Waals surface area contributed by atoms with E-state index in [2.05, 4.69) is 20.9 Å². The first-order valence-electron chi connectivity index (χ1n) is 4.88. The molecule has 17 heavy (non-hydrogen) atoms. The molecule has 0 unspecified atom stereocenters. The van der Waals surface area contributed by atoms with Crippen molar-refractivity contribution in [3.63, 3.8) is 0 Å². The molecule has 0 bridgehead atoms. The molecule has 0 spiro atoms. The predicted octanol–water partition coefficient (Wildman–Crippen LogP) is 3.89. The number of H-pyrrole nitrogens is 1. The maximum Gasteiger partial charge on any atom is 0.291 e. The summed E-state index contributed by atoms with van der Waals surface area (Å²) >= 11 is 9.21. The molecule has 2 rings (SSSR count). The van der Waals surface area contributed by atoms with Crippen molar-refractivity contribution in [3.8, 4) is 11.5 Å². The van der Waals surface area contributed by atoms with E-state index in [1.165, 1.54) is 0 Å². The van der Waals surface area contributed by atoms with Crippen molar-refractivity contribution in [2.24, 2.45) is 0 Å². The van der Waals surface area contributed by atoms with Gasteiger partial charge in [-0.1, -0.05) is 27.5 Å². The third-order valence-electron chi connectivity index (χ3n) is 2.17. The van der Waals surface area contributed by atoms with Crippen LogP contribution in [0.25, 0.3) is 0 Å². The molecule has 0 aliphatic carbocycles. The second kappa shape index (κ2) is 4.94. The highest BCUT2D eigenvalue weighted by atomic mass is 79.9. The van der Waals surface area contributed by atoms with Crippen LogP contribution in [0.3, 0.4) is 0 Å². The number of hydrogen-bond donors (Lipinski definition) is 1. The zero-order valence-electron chi connectivity index (χ0n) is 8.96. The molecule has 1 heterocycles. The van der Waals surface area contributed by atoms with Crippen LogP contribution < -0.4 is 10.3 Å². The number of hydrogen-bond acceptors (Lipinski definition) is 2. The normalized spacial score (nSPS) is 10.3. The first-order valence-corrected chi connectivity index (χ1v) is 6.05. The molecular formula is C12H9BrClNO2. The zero-order valence-corrected chi connectivity index (χ0v) is 11.3. The van der Waals surface area contributed by atoms with Gasteiger partial charge in [0.15, 0.2) is 5.75 Å². The molecule has 0 aliphatic heterocycles.